The first-order valence-electron chi connectivity index (χ1n) is 9.42. The fraction of sp³-hybridized carbons (Fsp3) is 0.167. The summed E-state index contributed by atoms with van der Waals surface area (Å²) >= 11 is 0. The summed E-state index contributed by atoms with van der Waals surface area (Å²) in [6.45, 7) is 2.67. The van der Waals surface area contributed by atoms with Gasteiger partial charge in [0.25, 0.3) is 0 Å². The van der Waals surface area contributed by atoms with Crippen molar-refractivity contribution >= 4 is 11.9 Å². The fourth-order valence-electron chi connectivity index (χ4n) is 2.72. The SMILES string of the molecule is CCOc1ccc(C(=O)Oc2ccccc2C(=O)OCCc2ccccc2)cc1. The Hall–Kier alpha value is -3.60. The van der Waals surface area contributed by atoms with E-state index in [4.69, 9.17) is 14.2 Å². The van der Waals surface area contributed by atoms with E-state index in [9.17, 15) is 9.59 Å². The molecule has 0 amide bonds. The van der Waals surface area contributed by atoms with Gasteiger partial charge >= 0.3 is 11.9 Å². The number of hydrogen-bond donors (Lipinski definition) is 0. The molecule has 0 spiro atoms. The highest BCUT2D eigenvalue weighted by Crippen LogP contribution is 2.21. The van der Waals surface area contributed by atoms with Crippen molar-refractivity contribution in [2.75, 3.05) is 13.2 Å². The van der Waals surface area contributed by atoms with E-state index in [0.29, 0.717) is 24.3 Å². The van der Waals surface area contributed by atoms with E-state index in [1.165, 1.54) is 0 Å². The van der Waals surface area contributed by atoms with Crippen molar-refractivity contribution < 1.29 is 23.8 Å². The number of esters is 2. The van der Waals surface area contributed by atoms with Gasteiger partial charge in [0.05, 0.1) is 18.8 Å². The Morgan fingerprint density at radius 3 is 2.21 bits per heavy atom. The molecule has 5 heteroatoms. The second-order valence-corrected chi connectivity index (χ2v) is 6.21. The van der Waals surface area contributed by atoms with Crippen molar-refractivity contribution in [1.29, 1.82) is 0 Å². The van der Waals surface area contributed by atoms with Gasteiger partial charge in [0, 0.05) is 6.42 Å². The van der Waals surface area contributed by atoms with Gasteiger partial charge < -0.3 is 14.2 Å². The smallest absolute Gasteiger partial charge is 0.343 e. The van der Waals surface area contributed by atoms with Crippen LogP contribution < -0.4 is 9.47 Å². The van der Waals surface area contributed by atoms with Crippen molar-refractivity contribution in [3.63, 3.8) is 0 Å². The summed E-state index contributed by atoms with van der Waals surface area (Å²) < 4.78 is 16.2. The summed E-state index contributed by atoms with van der Waals surface area (Å²) in [5.41, 5.74) is 1.65. The van der Waals surface area contributed by atoms with Crippen molar-refractivity contribution in [3.8, 4) is 11.5 Å². The second-order valence-electron chi connectivity index (χ2n) is 6.21. The molecule has 0 aromatic heterocycles. The molecule has 29 heavy (non-hydrogen) atoms. The number of hydrogen-bond acceptors (Lipinski definition) is 5. The number of carbonyl (C=O) groups is 2. The minimum Gasteiger partial charge on any atom is -0.494 e. The average Bonchev–Trinajstić information content (AvgIpc) is 2.75. The third kappa shape index (κ3) is 5.69. The van der Waals surface area contributed by atoms with Crippen LogP contribution in [0, 0.1) is 0 Å². The molecule has 148 valence electrons. The Kier molecular flexibility index (Phi) is 7.00. The zero-order valence-corrected chi connectivity index (χ0v) is 16.2. The molecule has 0 fully saturated rings. The van der Waals surface area contributed by atoms with E-state index in [1.54, 1.807) is 48.5 Å². The third-order valence-electron chi connectivity index (χ3n) is 4.18. The van der Waals surface area contributed by atoms with Crippen LogP contribution in [0.25, 0.3) is 0 Å². The summed E-state index contributed by atoms with van der Waals surface area (Å²) in [6.07, 6.45) is 0.612. The Morgan fingerprint density at radius 2 is 1.48 bits per heavy atom. The van der Waals surface area contributed by atoms with Gasteiger partial charge in [-0.15, -0.1) is 0 Å². The first-order valence-corrected chi connectivity index (χ1v) is 9.42. The largest absolute Gasteiger partial charge is 0.494 e. The summed E-state index contributed by atoms with van der Waals surface area (Å²) in [4.78, 5) is 24.9. The maximum absolute atomic E-state index is 12.5. The lowest BCUT2D eigenvalue weighted by molar-refractivity contribution is 0.0504. The molecular weight excluding hydrogens is 368 g/mol. The molecule has 0 radical (unpaired) electrons. The molecule has 0 saturated carbocycles. The Morgan fingerprint density at radius 1 is 0.793 bits per heavy atom. The topological polar surface area (TPSA) is 61.8 Å². The van der Waals surface area contributed by atoms with Gasteiger partial charge in [-0.3, -0.25) is 0 Å². The summed E-state index contributed by atoms with van der Waals surface area (Å²) in [5.74, 6) is -0.254. The van der Waals surface area contributed by atoms with Gasteiger partial charge in [-0.05, 0) is 48.9 Å². The highest BCUT2D eigenvalue weighted by atomic mass is 16.5. The van der Waals surface area contributed by atoms with Crippen LogP contribution in [-0.4, -0.2) is 25.2 Å². The lowest BCUT2D eigenvalue weighted by Gasteiger charge is -2.10. The van der Waals surface area contributed by atoms with Crippen LogP contribution in [0.1, 0.15) is 33.2 Å². The second kappa shape index (κ2) is 10.1. The van der Waals surface area contributed by atoms with Gasteiger partial charge in [0.15, 0.2) is 0 Å². The van der Waals surface area contributed by atoms with Crippen LogP contribution in [0.4, 0.5) is 0 Å². The first kappa shape index (κ1) is 20.1. The quantitative estimate of drug-likeness (QED) is 0.412. The molecular formula is C24H22O5. The van der Waals surface area contributed by atoms with E-state index in [-0.39, 0.29) is 17.9 Å². The fourth-order valence-corrected chi connectivity index (χ4v) is 2.72. The zero-order valence-electron chi connectivity index (χ0n) is 16.2. The van der Waals surface area contributed by atoms with Crippen LogP contribution >= 0.6 is 0 Å². The van der Waals surface area contributed by atoms with Crippen molar-refractivity contribution in [2.24, 2.45) is 0 Å². The number of carbonyl (C=O) groups excluding carboxylic acids is 2. The Bertz CT molecular complexity index is 949. The first-order chi connectivity index (χ1) is 14.2. The molecule has 5 nitrogen and oxygen atoms in total. The molecule has 0 saturated heterocycles. The van der Waals surface area contributed by atoms with Crippen LogP contribution in [0.5, 0.6) is 11.5 Å². The normalized spacial score (nSPS) is 10.2. The van der Waals surface area contributed by atoms with Crippen molar-refractivity contribution in [2.45, 2.75) is 13.3 Å². The third-order valence-corrected chi connectivity index (χ3v) is 4.18. The molecule has 0 N–H and O–H groups in total. The van der Waals surface area contributed by atoms with Gasteiger partial charge in [-0.25, -0.2) is 9.59 Å². The van der Waals surface area contributed by atoms with Crippen molar-refractivity contribution in [3.05, 3.63) is 95.6 Å². The molecule has 0 aliphatic heterocycles. The van der Waals surface area contributed by atoms with Gasteiger partial charge in [-0.1, -0.05) is 42.5 Å². The summed E-state index contributed by atoms with van der Waals surface area (Å²) in [7, 11) is 0. The standard InChI is InChI=1S/C24H22O5/c1-2-27-20-14-12-19(13-15-20)23(25)29-22-11-7-6-10-21(22)24(26)28-17-16-18-8-4-3-5-9-18/h3-15H,2,16-17H2,1H3. The molecule has 0 heterocycles. The van der Waals surface area contributed by atoms with E-state index in [0.717, 1.165) is 5.56 Å². The van der Waals surface area contributed by atoms with Gasteiger partial charge in [0.2, 0.25) is 0 Å². The van der Waals surface area contributed by atoms with E-state index >= 15 is 0 Å². The molecule has 3 aromatic carbocycles. The number of ether oxygens (including phenoxy) is 3. The predicted octanol–water partition coefficient (Wildman–Crippen LogP) is 4.70. The van der Waals surface area contributed by atoms with Crippen molar-refractivity contribution in [1.82, 2.24) is 0 Å². The molecule has 3 aromatic rings. The molecule has 0 unspecified atom stereocenters. The minimum absolute atomic E-state index is 0.163. The predicted molar refractivity (Wildman–Crippen MR) is 109 cm³/mol. The van der Waals surface area contributed by atoms with Crippen LogP contribution in [0.2, 0.25) is 0 Å². The number of para-hydroxylation sites is 1. The molecule has 0 atom stereocenters. The van der Waals surface area contributed by atoms with Gasteiger partial charge in [0.1, 0.15) is 17.1 Å². The van der Waals surface area contributed by atoms with Crippen LogP contribution in [0.15, 0.2) is 78.9 Å². The maximum atomic E-state index is 12.5. The molecule has 0 aliphatic carbocycles. The highest BCUT2D eigenvalue weighted by molar-refractivity contribution is 5.96. The number of benzene rings is 3. The molecule has 3 rings (SSSR count). The molecule has 0 bridgehead atoms. The highest BCUT2D eigenvalue weighted by Gasteiger charge is 2.17. The maximum Gasteiger partial charge on any atom is 0.343 e. The Labute approximate surface area is 169 Å². The minimum atomic E-state index is -0.558. The van der Waals surface area contributed by atoms with E-state index in [2.05, 4.69) is 0 Å². The number of rotatable bonds is 8. The average molecular weight is 390 g/mol. The summed E-state index contributed by atoms with van der Waals surface area (Å²) in [5, 5.41) is 0. The zero-order chi connectivity index (χ0) is 20.5. The Balaban J connectivity index is 1.63. The van der Waals surface area contributed by atoms with Crippen LogP contribution in [-0.2, 0) is 11.2 Å². The molecule has 0 aliphatic rings. The van der Waals surface area contributed by atoms with Crippen LogP contribution in [0.3, 0.4) is 0 Å². The van der Waals surface area contributed by atoms with E-state index < -0.39 is 11.9 Å². The lowest BCUT2D eigenvalue weighted by Crippen LogP contribution is -2.14. The monoisotopic (exact) mass is 390 g/mol. The lowest BCUT2D eigenvalue weighted by atomic mass is 10.1. The van der Waals surface area contributed by atoms with E-state index in [1.807, 2.05) is 37.3 Å². The summed E-state index contributed by atoms with van der Waals surface area (Å²) in [6, 6.07) is 22.9. The van der Waals surface area contributed by atoms with Gasteiger partial charge in [-0.2, -0.15) is 0 Å².